The molecule has 0 aliphatic heterocycles. The number of hydrogen-bond donors (Lipinski definition) is 3. The van der Waals surface area contributed by atoms with Crippen LogP contribution in [0.1, 0.15) is 61.0 Å². The molecule has 0 radical (unpaired) electrons. The highest BCUT2D eigenvalue weighted by Gasteiger charge is 2.47. The van der Waals surface area contributed by atoms with Gasteiger partial charge in [0.05, 0.1) is 6.61 Å². The van der Waals surface area contributed by atoms with Gasteiger partial charge in [0.15, 0.2) is 0 Å². The van der Waals surface area contributed by atoms with Gasteiger partial charge in [-0.3, -0.25) is 9.36 Å². The molecule has 226 valence electrons. The summed E-state index contributed by atoms with van der Waals surface area (Å²) in [6.07, 6.45) is -2.35. The Morgan fingerprint density at radius 2 is 1.48 bits per heavy atom. The van der Waals surface area contributed by atoms with Crippen LogP contribution >= 0.6 is 7.60 Å². The van der Waals surface area contributed by atoms with Crippen LogP contribution in [0.5, 0.6) is 0 Å². The molecule has 14 nitrogen and oxygen atoms in total. The fourth-order valence-electron chi connectivity index (χ4n) is 2.73. The Kier molecular flexibility index (Phi) is 12.6. The minimum absolute atomic E-state index is 0.0704. The van der Waals surface area contributed by atoms with Crippen LogP contribution in [0.2, 0.25) is 0 Å². The number of hydroxylamine groups is 2. The van der Waals surface area contributed by atoms with Crippen molar-refractivity contribution in [3.8, 4) is 0 Å². The molecule has 3 atom stereocenters. The van der Waals surface area contributed by atoms with Crippen LogP contribution in [0.3, 0.4) is 0 Å². The minimum Gasteiger partial charge on any atom is -0.460 e. The molecule has 0 aromatic heterocycles. The van der Waals surface area contributed by atoms with Crippen molar-refractivity contribution < 1.29 is 51.9 Å². The molecule has 0 saturated carbocycles. The van der Waals surface area contributed by atoms with E-state index < -0.39 is 61.0 Å². The third kappa shape index (κ3) is 12.8. The monoisotopic (exact) mass is 589 g/mol. The van der Waals surface area contributed by atoms with Crippen LogP contribution < -0.4 is 16.7 Å². The van der Waals surface area contributed by atoms with Gasteiger partial charge in [-0.2, -0.15) is 10.1 Å². The van der Waals surface area contributed by atoms with E-state index in [2.05, 4.69) is 0 Å². The Labute approximate surface area is 234 Å². The van der Waals surface area contributed by atoms with Gasteiger partial charge >= 0.3 is 31.7 Å². The molecule has 1 unspecified atom stereocenters. The number of rotatable bonds is 11. The van der Waals surface area contributed by atoms with E-state index in [4.69, 9.17) is 33.9 Å². The molecule has 15 heteroatoms. The Morgan fingerprint density at radius 3 is 2.00 bits per heavy atom. The number of nitrogens with one attached hydrogen (secondary N) is 2. The first-order valence-electron chi connectivity index (χ1n) is 12.4. The highest BCUT2D eigenvalue weighted by Crippen LogP contribution is 2.47. The average Bonchev–Trinajstić information content (AvgIpc) is 2.83. The summed E-state index contributed by atoms with van der Waals surface area (Å²) in [5.74, 6) is -3.81. The van der Waals surface area contributed by atoms with E-state index in [1.165, 1.54) is 6.92 Å². The molecule has 40 heavy (non-hydrogen) atoms. The smallest absolute Gasteiger partial charge is 0.441 e. The molecule has 1 rings (SSSR count). The Morgan fingerprint density at radius 1 is 0.900 bits per heavy atom. The summed E-state index contributed by atoms with van der Waals surface area (Å²) in [5, 5.41) is 0. The van der Waals surface area contributed by atoms with E-state index in [9.17, 15) is 23.7 Å². The molecule has 1 aromatic carbocycles. The Hall–Kier alpha value is -3.19. The molecule has 2 amide bonds. The molecule has 1 aromatic rings. The number of carbonyl (C=O) groups is 4. The molecule has 0 fully saturated rings. The molecule has 0 saturated heterocycles. The Balaban J connectivity index is 2.93. The van der Waals surface area contributed by atoms with Gasteiger partial charge in [0.2, 0.25) is 0 Å². The zero-order valence-electron chi connectivity index (χ0n) is 24.1. The van der Waals surface area contributed by atoms with Crippen LogP contribution in [0.25, 0.3) is 0 Å². The lowest BCUT2D eigenvalue weighted by atomic mass is 9.87. The van der Waals surface area contributed by atoms with Gasteiger partial charge in [-0.25, -0.2) is 14.4 Å². The maximum atomic E-state index is 13.1. The van der Waals surface area contributed by atoms with E-state index in [1.807, 2.05) is 5.48 Å². The van der Waals surface area contributed by atoms with Gasteiger partial charge in [-0.05, 0) is 54.0 Å². The first-order valence-corrected chi connectivity index (χ1v) is 14.1. The van der Waals surface area contributed by atoms with E-state index in [1.54, 1.807) is 77.4 Å². The molecule has 4 N–H and O–H groups in total. The lowest BCUT2D eigenvalue weighted by Crippen LogP contribution is -2.58. The van der Waals surface area contributed by atoms with Crippen molar-refractivity contribution in [2.75, 3.05) is 12.8 Å². The number of ether oxygens (including phenoxy) is 3. The summed E-state index contributed by atoms with van der Waals surface area (Å²) in [5.41, 5.74) is 6.55. The van der Waals surface area contributed by atoms with Crippen LogP contribution in [0, 0.1) is 5.92 Å². The second kappa shape index (κ2) is 14.4. The first kappa shape index (κ1) is 34.8. The van der Waals surface area contributed by atoms with Gasteiger partial charge in [0.1, 0.15) is 29.3 Å². The van der Waals surface area contributed by atoms with E-state index >= 15 is 0 Å². The second-order valence-corrected chi connectivity index (χ2v) is 13.1. The van der Waals surface area contributed by atoms with Crippen molar-refractivity contribution >= 4 is 31.7 Å². The highest BCUT2D eigenvalue weighted by molar-refractivity contribution is 7.53. The predicted molar refractivity (Wildman–Crippen MR) is 142 cm³/mol. The summed E-state index contributed by atoms with van der Waals surface area (Å²) in [6.45, 7) is 11.3. The predicted octanol–water partition coefficient (Wildman–Crippen LogP) is 3.73. The number of benzene rings is 1. The van der Waals surface area contributed by atoms with E-state index in [-0.39, 0.29) is 12.8 Å². The fourth-order valence-corrected chi connectivity index (χ4v) is 3.68. The van der Waals surface area contributed by atoms with Gasteiger partial charge in [0, 0.05) is 6.16 Å². The standard InChI is InChI=1S/C25H40N3O11P/c1-9-40(33,39-28-21(31)34-15-17-13-11-10-12-14-17)35-16-18(19(29)36-23(2,3)4)25(8,26)20(30)38-27-22(32)37-24(5,6)7/h10-14,18H,9,15-16,26H2,1-8H3,(H,27,32)(H,28,31)/t18-,25-,40?/m0/s1. The molecule has 0 spiro atoms. The summed E-state index contributed by atoms with van der Waals surface area (Å²) in [6, 6.07) is 8.81. The van der Waals surface area contributed by atoms with Crippen LogP contribution in [0.4, 0.5) is 9.59 Å². The van der Waals surface area contributed by atoms with Crippen molar-refractivity contribution in [1.29, 1.82) is 0 Å². The SMILES string of the molecule is CCP(=O)(OC[C@@H](C(=O)OC(C)(C)C)[C@](C)(N)C(=O)ONC(=O)OC(C)(C)C)ONC(=O)OCc1ccccc1. The fraction of sp³-hybridized carbons (Fsp3) is 0.600. The van der Waals surface area contributed by atoms with Crippen molar-refractivity contribution in [1.82, 2.24) is 11.0 Å². The van der Waals surface area contributed by atoms with Gasteiger partial charge in [0.25, 0.3) is 0 Å². The molecule has 0 bridgehead atoms. The molecular formula is C25H40N3O11P. The number of amides is 2. The van der Waals surface area contributed by atoms with Gasteiger partial charge < -0.3 is 29.3 Å². The number of esters is 1. The van der Waals surface area contributed by atoms with Crippen molar-refractivity contribution in [2.24, 2.45) is 11.7 Å². The minimum atomic E-state index is -4.07. The third-order valence-corrected chi connectivity index (χ3v) is 6.47. The summed E-state index contributed by atoms with van der Waals surface area (Å²) in [4.78, 5) is 54.4. The largest absolute Gasteiger partial charge is 0.460 e. The van der Waals surface area contributed by atoms with Crippen LogP contribution in [-0.2, 0) is 49.0 Å². The van der Waals surface area contributed by atoms with Gasteiger partial charge in [-0.15, -0.1) is 5.48 Å². The first-order chi connectivity index (χ1) is 18.3. The molecular weight excluding hydrogens is 549 g/mol. The Bertz CT molecular complexity index is 1070. The van der Waals surface area contributed by atoms with Gasteiger partial charge in [-0.1, -0.05) is 37.3 Å². The maximum absolute atomic E-state index is 13.1. The molecule has 0 aliphatic carbocycles. The van der Waals surface area contributed by atoms with Crippen LogP contribution in [-0.4, -0.2) is 53.6 Å². The van der Waals surface area contributed by atoms with Crippen molar-refractivity contribution in [2.45, 2.75) is 78.7 Å². The quantitative estimate of drug-likeness (QED) is 0.147. The topological polar surface area (TPSA) is 191 Å². The summed E-state index contributed by atoms with van der Waals surface area (Å²) < 4.78 is 38.8. The molecule has 0 heterocycles. The third-order valence-electron chi connectivity index (χ3n) is 4.79. The van der Waals surface area contributed by atoms with E-state index in [0.717, 1.165) is 6.92 Å². The molecule has 0 aliphatic rings. The zero-order valence-corrected chi connectivity index (χ0v) is 25.0. The van der Waals surface area contributed by atoms with E-state index in [0.29, 0.717) is 5.56 Å². The lowest BCUT2D eigenvalue weighted by Gasteiger charge is -2.32. The van der Waals surface area contributed by atoms with Crippen molar-refractivity contribution in [3.63, 3.8) is 0 Å². The maximum Gasteiger partial charge on any atom is 0.441 e. The highest BCUT2D eigenvalue weighted by atomic mass is 31.2. The normalized spacial score (nSPS) is 15.4. The summed E-state index contributed by atoms with van der Waals surface area (Å²) >= 11 is 0. The second-order valence-electron chi connectivity index (χ2n) is 10.8. The number of nitrogens with two attached hydrogens (primary N) is 1. The van der Waals surface area contributed by atoms with Crippen molar-refractivity contribution in [3.05, 3.63) is 35.9 Å². The average molecular weight is 590 g/mol. The summed E-state index contributed by atoms with van der Waals surface area (Å²) in [7, 11) is -4.07. The zero-order chi connectivity index (χ0) is 30.8. The van der Waals surface area contributed by atoms with Crippen LogP contribution in [0.15, 0.2) is 30.3 Å². The lowest BCUT2D eigenvalue weighted by molar-refractivity contribution is -0.173. The number of carbonyl (C=O) groups excluding carboxylic acids is 4. The number of hydrogen-bond acceptors (Lipinski definition) is 12.